The predicted octanol–water partition coefficient (Wildman–Crippen LogP) is 3.93. The second kappa shape index (κ2) is 5.89. The van der Waals surface area contributed by atoms with Crippen LogP contribution in [0.3, 0.4) is 0 Å². The molecule has 1 heterocycles. The zero-order valence-electron chi connectivity index (χ0n) is 11.1. The van der Waals surface area contributed by atoms with E-state index in [1.54, 1.807) is 6.07 Å². The number of carboxylic acids is 1. The highest BCUT2D eigenvalue weighted by Crippen LogP contribution is 2.22. The molecule has 2 aromatic rings. The first-order valence-electron chi connectivity index (χ1n) is 6.25. The van der Waals surface area contributed by atoms with Crippen molar-refractivity contribution in [1.82, 2.24) is 0 Å². The molecular weight excluding hydrogens is 258 g/mol. The van der Waals surface area contributed by atoms with Gasteiger partial charge in [-0.15, -0.1) is 11.3 Å². The zero-order chi connectivity index (χ0) is 13.8. The second-order valence-electron chi connectivity index (χ2n) is 4.40. The number of hydrogen-bond acceptors (Lipinski definition) is 3. The summed E-state index contributed by atoms with van der Waals surface area (Å²) in [5.41, 5.74) is 3.41. The first kappa shape index (κ1) is 13.6. The Bertz CT molecular complexity index is 572. The summed E-state index contributed by atoms with van der Waals surface area (Å²) in [5.74, 6) is -0.855. The number of aryl methyl sites for hydroxylation is 2. The van der Waals surface area contributed by atoms with Gasteiger partial charge in [0.1, 0.15) is 4.88 Å². The van der Waals surface area contributed by atoms with Crippen LogP contribution in [0.4, 0.5) is 5.69 Å². The van der Waals surface area contributed by atoms with Crippen LogP contribution in [0.25, 0.3) is 0 Å². The molecule has 4 heteroatoms. The van der Waals surface area contributed by atoms with Crippen LogP contribution >= 0.6 is 11.3 Å². The van der Waals surface area contributed by atoms with E-state index in [9.17, 15) is 4.79 Å². The lowest BCUT2D eigenvalue weighted by atomic mass is 10.1. The molecule has 2 N–H and O–H groups in total. The average molecular weight is 275 g/mol. The number of carboxylic acid groups (broad SMARTS) is 1. The molecule has 19 heavy (non-hydrogen) atoms. The molecule has 0 aliphatic rings. The molecule has 0 fully saturated rings. The Morgan fingerprint density at radius 1 is 1.32 bits per heavy atom. The van der Waals surface area contributed by atoms with Crippen molar-refractivity contribution < 1.29 is 9.90 Å². The van der Waals surface area contributed by atoms with Gasteiger partial charge in [0.25, 0.3) is 0 Å². The van der Waals surface area contributed by atoms with Gasteiger partial charge in [-0.3, -0.25) is 0 Å². The molecular formula is C15H17NO2S. The first-order chi connectivity index (χ1) is 9.10. The molecule has 0 radical (unpaired) electrons. The molecule has 3 nitrogen and oxygen atoms in total. The molecule has 2 rings (SSSR count). The third-order valence-corrected chi connectivity index (χ3v) is 4.16. The lowest BCUT2D eigenvalue weighted by Gasteiger charge is -2.06. The fraction of sp³-hybridized carbons (Fsp3) is 0.267. The maximum Gasteiger partial charge on any atom is 0.345 e. The lowest BCUT2D eigenvalue weighted by Crippen LogP contribution is -1.99. The zero-order valence-corrected chi connectivity index (χ0v) is 11.9. The van der Waals surface area contributed by atoms with Crippen molar-refractivity contribution in [2.45, 2.75) is 26.8 Å². The Kier molecular flexibility index (Phi) is 4.22. The van der Waals surface area contributed by atoms with Gasteiger partial charge >= 0.3 is 5.97 Å². The summed E-state index contributed by atoms with van der Waals surface area (Å²) < 4.78 is 0. The number of benzene rings is 1. The largest absolute Gasteiger partial charge is 0.477 e. The molecule has 0 aliphatic carbocycles. The van der Waals surface area contributed by atoms with E-state index in [2.05, 4.69) is 36.5 Å². The molecule has 100 valence electrons. The summed E-state index contributed by atoms with van der Waals surface area (Å²) in [6, 6.07) is 10.1. The van der Waals surface area contributed by atoms with E-state index in [4.69, 9.17) is 5.11 Å². The van der Waals surface area contributed by atoms with Crippen molar-refractivity contribution in [2.24, 2.45) is 0 Å². The summed E-state index contributed by atoms with van der Waals surface area (Å²) in [6.45, 7) is 4.74. The standard InChI is InChI=1S/C15H17NO2S/c1-3-11-4-6-13(7-5-11)16-9-12-8-14(15(17)18)19-10(12)2/h4-8,16H,3,9H2,1-2H3,(H,17,18). The van der Waals surface area contributed by atoms with Crippen LogP contribution in [-0.2, 0) is 13.0 Å². The molecule has 0 saturated carbocycles. The predicted molar refractivity (Wildman–Crippen MR) is 79.2 cm³/mol. The van der Waals surface area contributed by atoms with E-state index in [1.165, 1.54) is 16.9 Å². The van der Waals surface area contributed by atoms with Crippen LogP contribution in [0, 0.1) is 6.92 Å². The van der Waals surface area contributed by atoms with Gasteiger partial charge in [-0.1, -0.05) is 19.1 Å². The van der Waals surface area contributed by atoms with E-state index >= 15 is 0 Å². The number of hydrogen-bond donors (Lipinski definition) is 2. The molecule has 0 saturated heterocycles. The number of carbonyl (C=O) groups is 1. The highest BCUT2D eigenvalue weighted by molar-refractivity contribution is 7.14. The number of anilines is 1. The Hall–Kier alpha value is -1.81. The molecule has 0 spiro atoms. The quantitative estimate of drug-likeness (QED) is 0.869. The van der Waals surface area contributed by atoms with Gasteiger partial charge in [-0.25, -0.2) is 4.79 Å². The van der Waals surface area contributed by atoms with Crippen LogP contribution in [0.5, 0.6) is 0 Å². The van der Waals surface area contributed by atoms with E-state index in [1.807, 2.05) is 6.92 Å². The fourth-order valence-electron chi connectivity index (χ4n) is 1.86. The number of aromatic carboxylic acids is 1. The van der Waals surface area contributed by atoms with Gasteiger partial charge in [0, 0.05) is 17.1 Å². The first-order valence-corrected chi connectivity index (χ1v) is 7.07. The lowest BCUT2D eigenvalue weighted by molar-refractivity contribution is 0.0702. The summed E-state index contributed by atoms with van der Waals surface area (Å²) in [7, 11) is 0. The van der Waals surface area contributed by atoms with Crippen molar-refractivity contribution in [2.75, 3.05) is 5.32 Å². The van der Waals surface area contributed by atoms with Gasteiger partial charge in [0.2, 0.25) is 0 Å². The summed E-state index contributed by atoms with van der Waals surface area (Å²) in [5, 5.41) is 12.3. The van der Waals surface area contributed by atoms with Crippen LogP contribution < -0.4 is 5.32 Å². The van der Waals surface area contributed by atoms with Crippen LogP contribution in [-0.4, -0.2) is 11.1 Å². The normalized spacial score (nSPS) is 10.4. The summed E-state index contributed by atoms with van der Waals surface area (Å²) in [4.78, 5) is 12.4. The summed E-state index contributed by atoms with van der Waals surface area (Å²) >= 11 is 1.32. The maximum absolute atomic E-state index is 10.9. The van der Waals surface area contributed by atoms with Crippen molar-refractivity contribution >= 4 is 23.0 Å². The minimum absolute atomic E-state index is 0.399. The third kappa shape index (κ3) is 3.35. The van der Waals surface area contributed by atoms with Crippen molar-refractivity contribution in [1.29, 1.82) is 0 Å². The Morgan fingerprint density at radius 3 is 2.53 bits per heavy atom. The van der Waals surface area contributed by atoms with Crippen molar-refractivity contribution in [3.05, 3.63) is 51.2 Å². The van der Waals surface area contributed by atoms with Gasteiger partial charge in [-0.2, -0.15) is 0 Å². The number of thiophene rings is 1. The van der Waals surface area contributed by atoms with E-state index in [0.717, 1.165) is 22.5 Å². The van der Waals surface area contributed by atoms with E-state index < -0.39 is 5.97 Å². The number of rotatable bonds is 5. The fourth-order valence-corrected chi connectivity index (χ4v) is 2.74. The summed E-state index contributed by atoms with van der Waals surface area (Å²) in [6.07, 6.45) is 1.03. The number of nitrogens with one attached hydrogen (secondary N) is 1. The second-order valence-corrected chi connectivity index (χ2v) is 5.66. The Balaban J connectivity index is 2.03. The van der Waals surface area contributed by atoms with Crippen LogP contribution in [0.2, 0.25) is 0 Å². The molecule has 0 atom stereocenters. The molecule has 1 aromatic carbocycles. The average Bonchev–Trinajstić information content (AvgIpc) is 2.79. The molecule has 0 bridgehead atoms. The van der Waals surface area contributed by atoms with Crippen molar-refractivity contribution in [3.63, 3.8) is 0 Å². The third-order valence-electron chi connectivity index (χ3n) is 3.08. The van der Waals surface area contributed by atoms with E-state index in [0.29, 0.717) is 11.4 Å². The molecule has 1 aromatic heterocycles. The maximum atomic E-state index is 10.9. The van der Waals surface area contributed by atoms with Gasteiger partial charge < -0.3 is 10.4 Å². The Labute approximate surface area is 116 Å². The van der Waals surface area contributed by atoms with Gasteiger partial charge in [0.05, 0.1) is 0 Å². The van der Waals surface area contributed by atoms with Gasteiger partial charge in [0.15, 0.2) is 0 Å². The smallest absolute Gasteiger partial charge is 0.345 e. The van der Waals surface area contributed by atoms with Crippen molar-refractivity contribution in [3.8, 4) is 0 Å². The SMILES string of the molecule is CCc1ccc(NCc2cc(C(=O)O)sc2C)cc1. The van der Waals surface area contributed by atoms with Crippen LogP contribution in [0.15, 0.2) is 30.3 Å². The monoisotopic (exact) mass is 275 g/mol. The molecule has 0 amide bonds. The highest BCUT2D eigenvalue weighted by atomic mass is 32.1. The van der Waals surface area contributed by atoms with Crippen LogP contribution in [0.1, 0.15) is 32.6 Å². The minimum atomic E-state index is -0.855. The topological polar surface area (TPSA) is 49.3 Å². The molecule has 0 unspecified atom stereocenters. The van der Waals surface area contributed by atoms with Gasteiger partial charge in [-0.05, 0) is 42.7 Å². The highest BCUT2D eigenvalue weighted by Gasteiger charge is 2.10. The molecule has 0 aliphatic heterocycles. The minimum Gasteiger partial charge on any atom is -0.477 e. The Morgan fingerprint density at radius 2 is 2.00 bits per heavy atom. The van der Waals surface area contributed by atoms with E-state index in [-0.39, 0.29) is 0 Å².